The molecule has 2 saturated heterocycles. The molecule has 148 valence electrons. The quantitative estimate of drug-likeness (QED) is 0.589. The molecule has 0 unspecified atom stereocenters. The van der Waals surface area contributed by atoms with Crippen molar-refractivity contribution >= 4 is 45.2 Å². The first kappa shape index (κ1) is 19.1. The smallest absolute Gasteiger partial charge is 0.250 e. The van der Waals surface area contributed by atoms with Gasteiger partial charge in [0.1, 0.15) is 5.54 Å². The Morgan fingerprint density at radius 3 is 2.68 bits per heavy atom. The summed E-state index contributed by atoms with van der Waals surface area (Å²) in [6, 6.07) is 4.33. The lowest BCUT2D eigenvalue weighted by atomic mass is 9.76. The Bertz CT molecular complexity index is 919. The average Bonchev–Trinajstić information content (AvgIpc) is 3.20. The summed E-state index contributed by atoms with van der Waals surface area (Å²) in [6.07, 6.45) is 0.471. The van der Waals surface area contributed by atoms with Gasteiger partial charge in [-0.2, -0.15) is 0 Å². The molecule has 3 heterocycles. The topological polar surface area (TPSA) is 122 Å². The number of primary amides is 1. The fraction of sp³-hybridized carbons (Fsp3) is 0.474. The molecule has 0 radical (unpaired) electrons. The van der Waals surface area contributed by atoms with Crippen LogP contribution in [-0.4, -0.2) is 40.6 Å². The standard InChI is InChI=1S/C19H21BrN4O4/c1-3-8(2)24-16(26)14-12(7-13(21)25)23-19(15(14)17(24)27)10-6-9(20)4-5-11(10)22-18(19)28/h4-6,8,12,14-15,23H,3,7H2,1-2H3,(H2,21,25)(H,22,28)/t8-,12-,14+,15-,19-/m0/s1. The largest absolute Gasteiger partial charge is 0.370 e. The average molecular weight is 449 g/mol. The molecule has 28 heavy (non-hydrogen) atoms. The second-order valence-corrected chi connectivity index (χ2v) is 8.60. The Hall–Kier alpha value is -2.26. The molecular formula is C19H21BrN4O4. The summed E-state index contributed by atoms with van der Waals surface area (Å²) in [5, 5.41) is 5.99. The molecule has 8 nitrogen and oxygen atoms in total. The minimum absolute atomic E-state index is 0.132. The number of rotatable bonds is 4. The van der Waals surface area contributed by atoms with Gasteiger partial charge in [-0.1, -0.05) is 22.9 Å². The van der Waals surface area contributed by atoms with Gasteiger partial charge in [0, 0.05) is 34.2 Å². The van der Waals surface area contributed by atoms with E-state index < -0.39 is 35.2 Å². The summed E-state index contributed by atoms with van der Waals surface area (Å²) >= 11 is 3.41. The molecule has 3 aliphatic heterocycles. The van der Waals surface area contributed by atoms with E-state index in [1.807, 2.05) is 6.92 Å². The summed E-state index contributed by atoms with van der Waals surface area (Å²) in [7, 11) is 0. The van der Waals surface area contributed by atoms with E-state index in [0.717, 1.165) is 4.47 Å². The molecule has 1 aromatic rings. The van der Waals surface area contributed by atoms with E-state index in [1.165, 1.54) is 4.90 Å². The number of fused-ring (bicyclic) bond motifs is 4. The Kier molecular flexibility index (Phi) is 4.35. The summed E-state index contributed by atoms with van der Waals surface area (Å²) < 4.78 is 0.745. The Morgan fingerprint density at radius 1 is 1.32 bits per heavy atom. The molecule has 0 aromatic heterocycles. The van der Waals surface area contributed by atoms with Crippen molar-refractivity contribution in [1.29, 1.82) is 0 Å². The van der Waals surface area contributed by atoms with Crippen LogP contribution in [0.25, 0.3) is 0 Å². The van der Waals surface area contributed by atoms with E-state index in [-0.39, 0.29) is 24.3 Å². The minimum atomic E-state index is -1.40. The highest BCUT2D eigenvalue weighted by Crippen LogP contribution is 2.54. The number of likely N-dealkylation sites (tertiary alicyclic amines) is 1. The van der Waals surface area contributed by atoms with Crippen LogP contribution in [0.3, 0.4) is 0 Å². The normalized spacial score (nSPS) is 31.9. The molecule has 4 N–H and O–H groups in total. The number of hydrogen-bond acceptors (Lipinski definition) is 5. The highest BCUT2D eigenvalue weighted by Gasteiger charge is 2.70. The molecule has 5 atom stereocenters. The van der Waals surface area contributed by atoms with Crippen LogP contribution >= 0.6 is 15.9 Å². The fourth-order valence-electron chi connectivity index (χ4n) is 4.80. The molecule has 4 rings (SSSR count). The third-order valence-electron chi connectivity index (χ3n) is 6.16. The summed E-state index contributed by atoms with van der Waals surface area (Å²) in [4.78, 5) is 52.6. The van der Waals surface area contributed by atoms with Crippen molar-refractivity contribution < 1.29 is 19.2 Å². The van der Waals surface area contributed by atoms with E-state index in [4.69, 9.17) is 5.73 Å². The van der Waals surface area contributed by atoms with E-state index >= 15 is 0 Å². The van der Waals surface area contributed by atoms with Gasteiger partial charge in [0.25, 0.3) is 0 Å². The van der Waals surface area contributed by atoms with Gasteiger partial charge in [-0.3, -0.25) is 29.4 Å². The molecular weight excluding hydrogens is 428 g/mol. The number of hydrogen-bond donors (Lipinski definition) is 3. The predicted octanol–water partition coefficient (Wildman–Crippen LogP) is 0.843. The SMILES string of the molecule is CC[C@H](C)N1C(=O)[C@@H]2[C@H](CC(N)=O)N[C@]3(C(=O)Nc4ccc(Br)cc43)[C@@H]2C1=O. The van der Waals surface area contributed by atoms with E-state index in [2.05, 4.69) is 26.6 Å². The van der Waals surface area contributed by atoms with Gasteiger partial charge < -0.3 is 11.1 Å². The van der Waals surface area contributed by atoms with E-state index in [9.17, 15) is 19.2 Å². The number of nitrogens with zero attached hydrogens (tertiary/aromatic N) is 1. The maximum atomic E-state index is 13.4. The summed E-state index contributed by atoms with van der Waals surface area (Å²) in [5.74, 6) is -3.46. The molecule has 1 spiro atoms. The zero-order chi connectivity index (χ0) is 20.4. The molecule has 2 fully saturated rings. The number of carbonyl (C=O) groups is 4. The van der Waals surface area contributed by atoms with Crippen LogP contribution in [0.5, 0.6) is 0 Å². The number of nitrogens with two attached hydrogens (primary N) is 1. The van der Waals surface area contributed by atoms with Crippen molar-refractivity contribution in [2.24, 2.45) is 17.6 Å². The maximum absolute atomic E-state index is 13.4. The number of imide groups is 1. The highest BCUT2D eigenvalue weighted by atomic mass is 79.9. The van der Waals surface area contributed by atoms with E-state index in [1.54, 1.807) is 25.1 Å². The number of anilines is 1. The van der Waals surface area contributed by atoms with Crippen molar-refractivity contribution in [3.63, 3.8) is 0 Å². The number of nitrogens with one attached hydrogen (secondary N) is 2. The predicted molar refractivity (Wildman–Crippen MR) is 104 cm³/mol. The van der Waals surface area contributed by atoms with Crippen LogP contribution < -0.4 is 16.4 Å². The van der Waals surface area contributed by atoms with Gasteiger partial charge >= 0.3 is 0 Å². The Morgan fingerprint density at radius 2 is 2.04 bits per heavy atom. The van der Waals surface area contributed by atoms with Crippen molar-refractivity contribution in [1.82, 2.24) is 10.2 Å². The summed E-state index contributed by atoms with van der Waals surface area (Å²) in [6.45, 7) is 3.70. The monoisotopic (exact) mass is 448 g/mol. The van der Waals surface area contributed by atoms with Crippen LogP contribution in [0.4, 0.5) is 5.69 Å². The maximum Gasteiger partial charge on any atom is 0.250 e. The minimum Gasteiger partial charge on any atom is -0.370 e. The number of amides is 4. The van der Waals surface area contributed by atoms with Crippen molar-refractivity contribution in [2.45, 2.75) is 44.3 Å². The van der Waals surface area contributed by atoms with Gasteiger partial charge in [-0.05, 0) is 31.5 Å². The Labute approximate surface area is 170 Å². The number of benzene rings is 1. The van der Waals surface area contributed by atoms with Crippen LogP contribution in [0.15, 0.2) is 22.7 Å². The molecule has 9 heteroatoms. The zero-order valence-electron chi connectivity index (χ0n) is 15.5. The lowest BCUT2D eigenvalue weighted by Crippen LogP contribution is -2.54. The molecule has 0 bridgehead atoms. The van der Waals surface area contributed by atoms with Gasteiger partial charge in [0.05, 0.1) is 11.8 Å². The van der Waals surface area contributed by atoms with E-state index in [0.29, 0.717) is 17.7 Å². The lowest BCUT2D eigenvalue weighted by Gasteiger charge is -2.31. The number of carbonyl (C=O) groups excluding carboxylic acids is 4. The fourth-order valence-corrected chi connectivity index (χ4v) is 5.17. The van der Waals surface area contributed by atoms with Crippen molar-refractivity contribution in [2.75, 3.05) is 5.32 Å². The van der Waals surface area contributed by atoms with Crippen molar-refractivity contribution in [3.05, 3.63) is 28.2 Å². The Balaban J connectivity index is 1.90. The third-order valence-corrected chi connectivity index (χ3v) is 6.66. The van der Waals surface area contributed by atoms with Gasteiger partial charge in [0.15, 0.2) is 0 Å². The van der Waals surface area contributed by atoms with Crippen LogP contribution in [-0.2, 0) is 24.7 Å². The molecule has 0 aliphatic carbocycles. The van der Waals surface area contributed by atoms with Gasteiger partial charge in [-0.25, -0.2) is 0 Å². The lowest BCUT2D eigenvalue weighted by molar-refractivity contribution is -0.145. The summed E-state index contributed by atoms with van der Waals surface area (Å²) in [5.41, 5.74) is 5.18. The molecule has 3 aliphatic rings. The van der Waals surface area contributed by atoms with Crippen molar-refractivity contribution in [3.8, 4) is 0 Å². The van der Waals surface area contributed by atoms with Crippen LogP contribution in [0.2, 0.25) is 0 Å². The zero-order valence-corrected chi connectivity index (χ0v) is 17.1. The first-order valence-electron chi connectivity index (χ1n) is 9.26. The third kappa shape index (κ3) is 2.39. The van der Waals surface area contributed by atoms with Gasteiger partial charge in [0.2, 0.25) is 23.6 Å². The molecule has 4 amide bonds. The molecule has 1 aromatic carbocycles. The second-order valence-electron chi connectivity index (χ2n) is 7.68. The van der Waals surface area contributed by atoms with Crippen LogP contribution in [0.1, 0.15) is 32.3 Å². The molecule has 0 saturated carbocycles. The van der Waals surface area contributed by atoms with Gasteiger partial charge in [-0.15, -0.1) is 0 Å². The first-order chi connectivity index (χ1) is 13.2. The second kappa shape index (κ2) is 6.38. The first-order valence-corrected chi connectivity index (χ1v) is 10.1. The van der Waals surface area contributed by atoms with Crippen LogP contribution in [0, 0.1) is 11.8 Å². The highest BCUT2D eigenvalue weighted by molar-refractivity contribution is 9.10. The number of halogens is 1.